The van der Waals surface area contributed by atoms with Crippen LogP contribution in [-0.2, 0) is 0 Å². The Morgan fingerprint density at radius 3 is 2.54 bits per heavy atom. The van der Waals surface area contributed by atoms with Crippen LogP contribution in [-0.4, -0.2) is 0 Å². The molecule has 1 aliphatic carbocycles. The molecule has 13 heavy (non-hydrogen) atoms. The summed E-state index contributed by atoms with van der Waals surface area (Å²) < 4.78 is 0. The van der Waals surface area contributed by atoms with Crippen LogP contribution in [0.15, 0.2) is 24.3 Å². The summed E-state index contributed by atoms with van der Waals surface area (Å²) in [6, 6.07) is 11.6. The van der Waals surface area contributed by atoms with Gasteiger partial charge in [-0.1, -0.05) is 50.5 Å². The fourth-order valence-corrected chi connectivity index (χ4v) is 2.46. The molecule has 0 saturated heterocycles. The maximum Gasteiger partial charge on any atom is -0.0136 e. The molecule has 0 bridgehead atoms. The van der Waals surface area contributed by atoms with Crippen LogP contribution in [0.1, 0.15) is 44.1 Å². The molecule has 0 spiro atoms. The number of rotatable bonds is 1. The molecule has 2 rings (SSSR count). The van der Waals surface area contributed by atoms with E-state index in [1.165, 1.54) is 31.2 Å². The molecule has 0 heteroatoms. The summed E-state index contributed by atoms with van der Waals surface area (Å²) in [5, 5.41) is 0. The van der Waals surface area contributed by atoms with Gasteiger partial charge in [0.15, 0.2) is 0 Å². The molecule has 0 aliphatic heterocycles. The van der Waals surface area contributed by atoms with Gasteiger partial charge in [0, 0.05) is 0 Å². The Labute approximate surface area is 81.0 Å². The molecule has 0 aromatic heterocycles. The summed E-state index contributed by atoms with van der Waals surface area (Å²) in [5.74, 6) is 1.68. The van der Waals surface area contributed by atoms with Crippen LogP contribution in [0, 0.1) is 12.0 Å². The fourth-order valence-electron chi connectivity index (χ4n) is 2.46. The Balaban J connectivity index is 2.15. The van der Waals surface area contributed by atoms with Crippen LogP contribution < -0.4 is 0 Å². The van der Waals surface area contributed by atoms with Gasteiger partial charge in [-0.15, -0.1) is 0 Å². The lowest BCUT2D eigenvalue weighted by Crippen LogP contribution is -2.14. The molecule has 69 valence electrons. The van der Waals surface area contributed by atoms with E-state index in [4.69, 9.17) is 0 Å². The molecule has 0 heterocycles. The maximum atomic E-state index is 3.09. The van der Waals surface area contributed by atoms with E-state index in [9.17, 15) is 0 Å². The van der Waals surface area contributed by atoms with Crippen molar-refractivity contribution in [2.24, 2.45) is 5.92 Å². The van der Waals surface area contributed by atoms with Crippen molar-refractivity contribution >= 4 is 0 Å². The highest BCUT2D eigenvalue weighted by Gasteiger charge is 2.22. The standard InChI is InChI=1S/C13H17/c1-11-7-5-6-10-13(11)12-8-3-2-4-9-12/h3-4,8-9,11,13H,5-7,10H2,1H3. The molecule has 0 N–H and O–H groups in total. The summed E-state index contributed by atoms with van der Waals surface area (Å²) in [5.41, 5.74) is 1.52. The molecule has 0 nitrogen and oxygen atoms in total. The van der Waals surface area contributed by atoms with Crippen LogP contribution in [0.3, 0.4) is 0 Å². The van der Waals surface area contributed by atoms with Gasteiger partial charge < -0.3 is 0 Å². The van der Waals surface area contributed by atoms with Crippen molar-refractivity contribution in [3.63, 3.8) is 0 Å². The third-order valence-electron chi connectivity index (χ3n) is 3.28. The quantitative estimate of drug-likeness (QED) is 0.606. The highest BCUT2D eigenvalue weighted by atomic mass is 14.3. The lowest BCUT2D eigenvalue weighted by Gasteiger charge is -2.28. The van der Waals surface area contributed by atoms with Gasteiger partial charge in [-0.05, 0) is 29.9 Å². The van der Waals surface area contributed by atoms with E-state index in [0.717, 1.165) is 11.8 Å². The minimum Gasteiger partial charge on any atom is -0.0619 e. The molecule has 1 radical (unpaired) electrons. The molecule has 1 saturated carbocycles. The summed E-state index contributed by atoms with van der Waals surface area (Å²) in [4.78, 5) is 0. The monoisotopic (exact) mass is 173 g/mol. The lowest BCUT2D eigenvalue weighted by atomic mass is 9.76. The topological polar surface area (TPSA) is 0 Å². The molecule has 1 aromatic carbocycles. The largest absolute Gasteiger partial charge is 0.0619 e. The van der Waals surface area contributed by atoms with Crippen molar-refractivity contribution < 1.29 is 0 Å². The molecule has 2 atom stereocenters. The van der Waals surface area contributed by atoms with Crippen LogP contribution in [0.2, 0.25) is 0 Å². The van der Waals surface area contributed by atoms with Crippen molar-refractivity contribution in [1.29, 1.82) is 0 Å². The van der Waals surface area contributed by atoms with Gasteiger partial charge in [0.05, 0.1) is 0 Å². The smallest absolute Gasteiger partial charge is 0.0136 e. The third kappa shape index (κ3) is 1.93. The Bertz CT molecular complexity index is 250. The van der Waals surface area contributed by atoms with E-state index in [-0.39, 0.29) is 0 Å². The van der Waals surface area contributed by atoms with Crippen molar-refractivity contribution in [3.05, 3.63) is 35.9 Å². The minimum absolute atomic E-state index is 0.809. The van der Waals surface area contributed by atoms with Gasteiger partial charge in [-0.3, -0.25) is 0 Å². The number of benzene rings is 1. The van der Waals surface area contributed by atoms with Crippen LogP contribution in [0.4, 0.5) is 0 Å². The van der Waals surface area contributed by atoms with Gasteiger partial charge in [0.1, 0.15) is 0 Å². The Morgan fingerprint density at radius 2 is 1.85 bits per heavy atom. The minimum atomic E-state index is 0.809. The highest BCUT2D eigenvalue weighted by Crippen LogP contribution is 2.36. The zero-order chi connectivity index (χ0) is 9.10. The number of hydrogen-bond donors (Lipinski definition) is 0. The van der Waals surface area contributed by atoms with Gasteiger partial charge in [0.2, 0.25) is 0 Å². The molecular formula is C13H17. The van der Waals surface area contributed by atoms with Crippen molar-refractivity contribution in [2.45, 2.75) is 38.5 Å². The predicted molar refractivity (Wildman–Crippen MR) is 55.7 cm³/mol. The van der Waals surface area contributed by atoms with Crippen LogP contribution in [0.25, 0.3) is 0 Å². The molecule has 1 fully saturated rings. The second-order valence-corrected chi connectivity index (χ2v) is 4.20. The summed E-state index contributed by atoms with van der Waals surface area (Å²) in [6.07, 6.45) is 5.62. The molecule has 0 amide bonds. The van der Waals surface area contributed by atoms with Crippen molar-refractivity contribution in [1.82, 2.24) is 0 Å². The van der Waals surface area contributed by atoms with E-state index in [0.29, 0.717) is 0 Å². The van der Waals surface area contributed by atoms with E-state index < -0.39 is 0 Å². The average Bonchev–Trinajstić information content (AvgIpc) is 2.20. The van der Waals surface area contributed by atoms with Crippen LogP contribution >= 0.6 is 0 Å². The zero-order valence-corrected chi connectivity index (χ0v) is 8.29. The average molecular weight is 173 g/mol. The SMILES string of the molecule is CC1CCCCC1c1cc[c]cc1. The zero-order valence-electron chi connectivity index (χ0n) is 8.29. The summed E-state index contributed by atoms with van der Waals surface area (Å²) >= 11 is 0. The van der Waals surface area contributed by atoms with E-state index in [2.05, 4.69) is 25.1 Å². The lowest BCUT2D eigenvalue weighted by molar-refractivity contribution is 0.330. The van der Waals surface area contributed by atoms with Gasteiger partial charge in [-0.2, -0.15) is 0 Å². The number of hydrogen-bond acceptors (Lipinski definition) is 0. The van der Waals surface area contributed by atoms with Crippen molar-refractivity contribution in [2.75, 3.05) is 0 Å². The van der Waals surface area contributed by atoms with Crippen molar-refractivity contribution in [3.8, 4) is 0 Å². The van der Waals surface area contributed by atoms with E-state index >= 15 is 0 Å². The third-order valence-corrected chi connectivity index (χ3v) is 3.28. The Hall–Kier alpha value is -0.780. The molecular weight excluding hydrogens is 156 g/mol. The Kier molecular flexibility index (Phi) is 2.68. The second kappa shape index (κ2) is 3.95. The van der Waals surface area contributed by atoms with Crippen LogP contribution in [0.5, 0.6) is 0 Å². The van der Waals surface area contributed by atoms with Gasteiger partial charge in [-0.25, -0.2) is 0 Å². The predicted octanol–water partition coefficient (Wildman–Crippen LogP) is 3.78. The first-order chi connectivity index (χ1) is 6.38. The van der Waals surface area contributed by atoms with E-state index in [1.54, 1.807) is 0 Å². The molecule has 1 aromatic rings. The second-order valence-electron chi connectivity index (χ2n) is 4.20. The first-order valence-corrected chi connectivity index (χ1v) is 5.34. The first-order valence-electron chi connectivity index (χ1n) is 5.34. The normalized spacial score (nSPS) is 28.7. The highest BCUT2D eigenvalue weighted by molar-refractivity contribution is 5.19. The first kappa shape index (κ1) is 8.80. The molecule has 2 unspecified atom stereocenters. The summed E-state index contributed by atoms with van der Waals surface area (Å²) in [7, 11) is 0. The fraction of sp³-hybridized carbons (Fsp3) is 0.538. The summed E-state index contributed by atoms with van der Waals surface area (Å²) in [6.45, 7) is 2.39. The van der Waals surface area contributed by atoms with Gasteiger partial charge in [0.25, 0.3) is 0 Å². The Morgan fingerprint density at radius 1 is 1.15 bits per heavy atom. The maximum absolute atomic E-state index is 3.09. The van der Waals surface area contributed by atoms with Gasteiger partial charge >= 0.3 is 0 Å². The molecule has 1 aliphatic rings. The van der Waals surface area contributed by atoms with E-state index in [1.807, 2.05) is 12.1 Å².